The van der Waals surface area contributed by atoms with E-state index < -0.39 is 27.3 Å². The molecule has 9 heteroatoms. The van der Waals surface area contributed by atoms with Gasteiger partial charge in [-0.25, -0.2) is 8.42 Å². The van der Waals surface area contributed by atoms with Crippen LogP contribution in [0.4, 0.5) is 0 Å². The number of rotatable bonds is 13. The number of carbonyl (C=O) groups excluding carboxylic acids is 2. The number of nitrogens with one attached hydrogen (secondary N) is 2. The van der Waals surface area contributed by atoms with Crippen LogP contribution in [0.25, 0.3) is 17.0 Å². The number of ether oxygens (including phenoxy) is 1. The summed E-state index contributed by atoms with van der Waals surface area (Å²) < 4.78 is 31.5. The van der Waals surface area contributed by atoms with E-state index in [1.165, 1.54) is 6.08 Å². The summed E-state index contributed by atoms with van der Waals surface area (Å²) in [5, 5.41) is 4.17. The second kappa shape index (κ2) is 13.7. The van der Waals surface area contributed by atoms with Crippen LogP contribution in [0.2, 0.25) is 5.02 Å². The fourth-order valence-corrected chi connectivity index (χ4v) is 5.81. The number of hydrogen-bond donors (Lipinski definition) is 2. The maximum atomic E-state index is 13.2. The molecule has 4 rings (SSSR count). The lowest BCUT2D eigenvalue weighted by Crippen LogP contribution is -2.30. The zero-order valence-electron chi connectivity index (χ0n) is 23.1. The molecule has 7 nitrogen and oxygen atoms in total. The zero-order valence-corrected chi connectivity index (χ0v) is 24.6. The summed E-state index contributed by atoms with van der Waals surface area (Å²) in [6.45, 7) is 4.19. The number of para-hydroxylation sites is 1. The summed E-state index contributed by atoms with van der Waals surface area (Å²) in [5.74, 6) is -1.17. The zero-order chi connectivity index (χ0) is 29.4. The Hall–Kier alpha value is -3.88. The Kier molecular flexibility index (Phi) is 10.0. The quantitative estimate of drug-likeness (QED) is 0.115. The molecule has 0 saturated heterocycles. The number of halogens is 1. The van der Waals surface area contributed by atoms with Crippen molar-refractivity contribution in [2.45, 2.75) is 26.7 Å². The molecule has 0 atom stereocenters. The molecule has 0 aliphatic carbocycles. The molecule has 1 heterocycles. The fourth-order valence-electron chi connectivity index (χ4n) is 4.59. The number of carbonyl (C=O) groups is 2. The number of amides is 1. The average molecular weight is 593 g/mol. The van der Waals surface area contributed by atoms with E-state index in [1.54, 1.807) is 6.08 Å². The van der Waals surface area contributed by atoms with E-state index in [0.29, 0.717) is 25.1 Å². The molecule has 1 amide bonds. The third-order valence-corrected chi connectivity index (χ3v) is 8.76. The Morgan fingerprint density at radius 3 is 2.41 bits per heavy atom. The van der Waals surface area contributed by atoms with Crippen LogP contribution in [0.3, 0.4) is 0 Å². The number of sulfone groups is 1. The molecule has 0 aliphatic rings. The van der Waals surface area contributed by atoms with Gasteiger partial charge in [-0.1, -0.05) is 60.1 Å². The maximum absolute atomic E-state index is 13.2. The van der Waals surface area contributed by atoms with Crippen LogP contribution in [-0.2, 0) is 21.1 Å². The Balaban J connectivity index is 1.35. The van der Waals surface area contributed by atoms with Gasteiger partial charge >= 0.3 is 0 Å². The molecule has 0 unspecified atom stereocenters. The van der Waals surface area contributed by atoms with Crippen molar-refractivity contribution >= 4 is 50.1 Å². The van der Waals surface area contributed by atoms with Gasteiger partial charge in [0.2, 0.25) is 5.91 Å². The third kappa shape index (κ3) is 8.31. The van der Waals surface area contributed by atoms with Gasteiger partial charge in [0.05, 0.1) is 18.1 Å². The van der Waals surface area contributed by atoms with Crippen molar-refractivity contribution in [2.24, 2.45) is 0 Å². The van der Waals surface area contributed by atoms with Crippen LogP contribution in [0, 0.1) is 13.8 Å². The third-order valence-electron chi connectivity index (χ3n) is 6.63. The van der Waals surface area contributed by atoms with E-state index in [9.17, 15) is 18.0 Å². The first kappa shape index (κ1) is 30.1. The highest BCUT2D eigenvalue weighted by Crippen LogP contribution is 2.27. The first-order valence-corrected chi connectivity index (χ1v) is 15.6. The summed E-state index contributed by atoms with van der Waals surface area (Å²) in [6, 6.07) is 20.6. The Bertz CT molecular complexity index is 1650. The van der Waals surface area contributed by atoms with Crippen molar-refractivity contribution in [2.75, 3.05) is 24.7 Å². The summed E-state index contributed by atoms with van der Waals surface area (Å²) in [4.78, 5) is 28.4. The highest BCUT2D eigenvalue weighted by atomic mass is 35.5. The van der Waals surface area contributed by atoms with Crippen LogP contribution in [-0.4, -0.2) is 49.7 Å². The highest BCUT2D eigenvalue weighted by Gasteiger charge is 2.23. The minimum Gasteiger partial charge on any atom is -0.494 e. The molecular weight excluding hydrogens is 560 g/mol. The number of aromatic nitrogens is 1. The van der Waals surface area contributed by atoms with Crippen LogP contribution in [0.5, 0.6) is 5.75 Å². The lowest BCUT2D eigenvalue weighted by molar-refractivity contribution is -0.116. The second-order valence-electron chi connectivity index (χ2n) is 9.90. The first-order valence-electron chi connectivity index (χ1n) is 13.4. The molecule has 4 aromatic rings. The molecule has 0 aliphatic heterocycles. The van der Waals surface area contributed by atoms with E-state index in [2.05, 4.69) is 10.3 Å². The fraction of sp³-hybridized carbons (Fsp3) is 0.250. The first-order chi connectivity index (χ1) is 19.6. The van der Waals surface area contributed by atoms with E-state index in [1.807, 2.05) is 80.6 Å². The molecule has 1 aromatic heterocycles. The summed E-state index contributed by atoms with van der Waals surface area (Å²) in [7, 11) is -3.76. The normalized spacial score (nSPS) is 11.7. The van der Waals surface area contributed by atoms with E-state index in [4.69, 9.17) is 16.3 Å². The average Bonchev–Trinajstić information content (AvgIpc) is 3.32. The van der Waals surface area contributed by atoms with Gasteiger partial charge in [-0.3, -0.25) is 9.59 Å². The van der Waals surface area contributed by atoms with Crippen molar-refractivity contribution in [3.05, 3.63) is 106 Å². The number of aryl methyl sites for hydroxylation is 3. The summed E-state index contributed by atoms with van der Waals surface area (Å²) in [5.41, 5.74) is 4.57. The molecule has 214 valence electrons. The van der Waals surface area contributed by atoms with E-state index in [-0.39, 0.29) is 12.3 Å². The van der Waals surface area contributed by atoms with Crippen LogP contribution >= 0.6 is 11.6 Å². The number of H-pyrrole nitrogens is 1. The number of ketones is 1. The topological polar surface area (TPSA) is 105 Å². The van der Waals surface area contributed by atoms with Gasteiger partial charge in [-0.15, -0.1) is 0 Å². The van der Waals surface area contributed by atoms with Crippen molar-refractivity contribution in [3.8, 4) is 5.75 Å². The molecule has 0 saturated carbocycles. The second-order valence-corrected chi connectivity index (χ2v) is 12.5. The molecule has 0 bridgehead atoms. The highest BCUT2D eigenvalue weighted by molar-refractivity contribution is 7.92. The minimum atomic E-state index is -3.76. The number of benzene rings is 3. The van der Waals surface area contributed by atoms with Crippen LogP contribution in [0.15, 0.2) is 72.8 Å². The van der Waals surface area contributed by atoms with Crippen molar-refractivity contribution in [3.63, 3.8) is 0 Å². The Labute approximate surface area is 245 Å². The predicted octanol–water partition coefficient (Wildman–Crippen LogP) is 5.88. The van der Waals surface area contributed by atoms with Crippen LogP contribution in [0.1, 0.15) is 39.2 Å². The largest absolute Gasteiger partial charge is 0.494 e. The van der Waals surface area contributed by atoms with Crippen molar-refractivity contribution < 1.29 is 22.7 Å². The van der Waals surface area contributed by atoms with E-state index >= 15 is 0 Å². The lowest BCUT2D eigenvalue weighted by Gasteiger charge is -2.10. The monoisotopic (exact) mass is 592 g/mol. The standard InChI is InChI=1S/C32H33ClN2O5S/c1-22-19-25(20-23(2)31(22)33)40-17-8-12-27-26-11-6-7-13-28(26)35-32(27)29(36)21-41(38,39)18-16-34-30(37)15-14-24-9-4-3-5-10-24/h3-7,9-11,13-15,19-20,35H,8,12,16-18,21H2,1-2H3,(H,34,37)/b15-14+. The molecule has 3 aromatic carbocycles. The molecular formula is C32H33ClN2O5S. The number of fused-ring (bicyclic) bond motifs is 1. The Morgan fingerprint density at radius 1 is 1.00 bits per heavy atom. The number of hydrogen-bond acceptors (Lipinski definition) is 5. The lowest BCUT2D eigenvalue weighted by atomic mass is 10.0. The smallest absolute Gasteiger partial charge is 0.244 e. The van der Waals surface area contributed by atoms with Gasteiger partial charge < -0.3 is 15.0 Å². The molecule has 0 radical (unpaired) electrons. The van der Waals surface area contributed by atoms with Gasteiger partial charge in [-0.2, -0.15) is 0 Å². The molecule has 41 heavy (non-hydrogen) atoms. The van der Waals surface area contributed by atoms with Gasteiger partial charge in [0.25, 0.3) is 0 Å². The minimum absolute atomic E-state index is 0.0892. The van der Waals surface area contributed by atoms with Gasteiger partial charge in [-0.05, 0) is 73.2 Å². The molecule has 0 spiro atoms. The molecule has 0 fully saturated rings. The van der Waals surface area contributed by atoms with Crippen LogP contribution < -0.4 is 10.1 Å². The van der Waals surface area contributed by atoms with Gasteiger partial charge in [0, 0.05) is 28.5 Å². The summed E-state index contributed by atoms with van der Waals surface area (Å²) >= 11 is 6.25. The Morgan fingerprint density at radius 2 is 1.68 bits per heavy atom. The van der Waals surface area contributed by atoms with E-state index in [0.717, 1.165) is 43.9 Å². The van der Waals surface area contributed by atoms with Gasteiger partial charge in [0.15, 0.2) is 15.6 Å². The summed E-state index contributed by atoms with van der Waals surface area (Å²) in [6.07, 6.45) is 4.15. The van der Waals surface area contributed by atoms with Crippen molar-refractivity contribution in [1.29, 1.82) is 0 Å². The predicted molar refractivity (Wildman–Crippen MR) is 165 cm³/mol. The maximum Gasteiger partial charge on any atom is 0.244 e. The number of Topliss-reactive ketones (excluding diaryl/α,β-unsaturated/α-hetero) is 1. The SMILES string of the molecule is Cc1cc(OCCCc2c(C(=O)CS(=O)(=O)CCNC(=O)/C=C/c3ccccc3)[nH]c3ccccc23)cc(C)c1Cl. The van der Waals surface area contributed by atoms with Gasteiger partial charge in [0.1, 0.15) is 11.5 Å². The van der Waals surface area contributed by atoms with Crippen molar-refractivity contribution in [1.82, 2.24) is 10.3 Å². The molecule has 2 N–H and O–H groups in total. The number of aromatic amines is 1.